The van der Waals surface area contributed by atoms with E-state index in [-0.39, 0.29) is 11.9 Å². The summed E-state index contributed by atoms with van der Waals surface area (Å²) in [7, 11) is 3.76. The van der Waals surface area contributed by atoms with Gasteiger partial charge in [-0.3, -0.25) is 4.79 Å². The number of carbonyl (C=O) groups is 2. The van der Waals surface area contributed by atoms with Crippen molar-refractivity contribution in [2.24, 2.45) is 5.92 Å². The van der Waals surface area contributed by atoms with Crippen LogP contribution >= 0.6 is 0 Å². The van der Waals surface area contributed by atoms with Crippen LogP contribution in [0.3, 0.4) is 0 Å². The highest BCUT2D eigenvalue weighted by Crippen LogP contribution is 2.23. The number of nitrogens with zero attached hydrogens (tertiary/aromatic N) is 1. The van der Waals surface area contributed by atoms with Crippen LogP contribution < -0.4 is 20.9 Å². The predicted molar refractivity (Wildman–Crippen MR) is 112 cm³/mol. The Hall–Kier alpha value is -3.02. The molecular weight excluding hydrogens is 340 g/mol. The van der Waals surface area contributed by atoms with E-state index in [1.54, 1.807) is 12.1 Å². The molecule has 0 spiro atoms. The molecule has 3 N–H and O–H groups in total. The van der Waals surface area contributed by atoms with E-state index in [1.807, 2.05) is 70.1 Å². The molecule has 0 aliphatic carbocycles. The summed E-state index contributed by atoms with van der Waals surface area (Å²) in [6, 6.07) is 12.5. The first-order chi connectivity index (χ1) is 12.8. The number of hydrogen-bond donors (Lipinski definition) is 3. The summed E-state index contributed by atoms with van der Waals surface area (Å²) in [5.74, 6) is 0.202. The third kappa shape index (κ3) is 5.74. The number of aryl methyl sites for hydroxylation is 1. The van der Waals surface area contributed by atoms with Crippen molar-refractivity contribution in [3.05, 3.63) is 53.6 Å². The van der Waals surface area contributed by atoms with Crippen LogP contribution in [0, 0.1) is 12.8 Å². The van der Waals surface area contributed by atoms with Crippen molar-refractivity contribution in [1.82, 2.24) is 5.32 Å². The molecule has 2 aromatic carbocycles. The van der Waals surface area contributed by atoms with E-state index in [2.05, 4.69) is 16.0 Å². The minimum absolute atomic E-state index is 0.157. The van der Waals surface area contributed by atoms with Gasteiger partial charge in [0.25, 0.3) is 5.91 Å². The zero-order valence-electron chi connectivity index (χ0n) is 16.6. The van der Waals surface area contributed by atoms with Crippen molar-refractivity contribution in [2.45, 2.75) is 20.8 Å². The van der Waals surface area contributed by atoms with E-state index in [0.717, 1.165) is 16.9 Å². The Balaban J connectivity index is 2.17. The maximum Gasteiger partial charge on any atom is 0.323 e. The molecule has 0 aromatic heterocycles. The second kappa shape index (κ2) is 9.07. The van der Waals surface area contributed by atoms with E-state index >= 15 is 0 Å². The largest absolute Gasteiger partial charge is 0.377 e. The number of hydrogen-bond acceptors (Lipinski definition) is 3. The summed E-state index contributed by atoms with van der Waals surface area (Å²) in [6.07, 6.45) is 0. The normalized spacial score (nSPS) is 10.4. The van der Waals surface area contributed by atoms with Gasteiger partial charge in [0.05, 0.1) is 5.56 Å². The topological polar surface area (TPSA) is 73.5 Å². The number of amides is 3. The average Bonchev–Trinajstić information content (AvgIpc) is 2.61. The molecule has 2 rings (SSSR count). The van der Waals surface area contributed by atoms with Crippen LogP contribution in [0.4, 0.5) is 21.9 Å². The Morgan fingerprint density at radius 2 is 1.74 bits per heavy atom. The van der Waals surface area contributed by atoms with E-state index in [0.29, 0.717) is 23.7 Å². The van der Waals surface area contributed by atoms with Crippen molar-refractivity contribution in [3.8, 4) is 0 Å². The Kier molecular flexibility index (Phi) is 6.82. The summed E-state index contributed by atoms with van der Waals surface area (Å²) < 4.78 is 0. The molecule has 0 radical (unpaired) electrons. The number of benzene rings is 2. The molecule has 0 aliphatic heterocycles. The molecular formula is C21H28N4O2. The summed E-state index contributed by atoms with van der Waals surface area (Å²) in [6.45, 7) is 6.61. The van der Waals surface area contributed by atoms with Gasteiger partial charge < -0.3 is 20.9 Å². The fraction of sp³-hybridized carbons (Fsp3) is 0.333. The number of carbonyl (C=O) groups excluding carboxylic acids is 2. The molecule has 0 unspecified atom stereocenters. The number of anilines is 3. The molecule has 0 atom stereocenters. The van der Waals surface area contributed by atoms with Crippen LogP contribution in [0.25, 0.3) is 0 Å². The molecule has 144 valence electrons. The van der Waals surface area contributed by atoms with Crippen LogP contribution in [-0.4, -0.2) is 32.6 Å². The van der Waals surface area contributed by atoms with Crippen LogP contribution in [0.5, 0.6) is 0 Å². The molecule has 27 heavy (non-hydrogen) atoms. The SMILES string of the molecule is Cc1ccccc1NC(=O)Nc1ccc(N(C)C)c(C(=O)NCC(C)C)c1. The third-order valence-corrected chi connectivity index (χ3v) is 4.04. The minimum atomic E-state index is -0.351. The lowest BCUT2D eigenvalue weighted by Gasteiger charge is -2.19. The van der Waals surface area contributed by atoms with Gasteiger partial charge >= 0.3 is 6.03 Å². The molecule has 0 heterocycles. The fourth-order valence-electron chi connectivity index (χ4n) is 2.58. The van der Waals surface area contributed by atoms with Crippen molar-refractivity contribution in [2.75, 3.05) is 36.2 Å². The number of rotatable bonds is 6. The Morgan fingerprint density at radius 1 is 1.04 bits per heavy atom. The van der Waals surface area contributed by atoms with E-state index < -0.39 is 0 Å². The lowest BCUT2D eigenvalue weighted by molar-refractivity contribution is 0.0949. The van der Waals surface area contributed by atoms with Gasteiger partial charge in [-0.1, -0.05) is 32.0 Å². The highest BCUT2D eigenvalue weighted by Gasteiger charge is 2.15. The Labute approximate surface area is 161 Å². The van der Waals surface area contributed by atoms with Gasteiger partial charge in [0.1, 0.15) is 0 Å². The van der Waals surface area contributed by atoms with Gasteiger partial charge in [-0.05, 0) is 42.7 Å². The predicted octanol–water partition coefficient (Wildman–Crippen LogP) is 4.09. The summed E-state index contributed by atoms with van der Waals surface area (Å²) in [5, 5.41) is 8.55. The number of urea groups is 1. The third-order valence-electron chi connectivity index (χ3n) is 4.04. The molecule has 2 aromatic rings. The smallest absolute Gasteiger partial charge is 0.323 e. The van der Waals surface area contributed by atoms with Gasteiger partial charge in [-0.25, -0.2) is 4.79 Å². The zero-order chi connectivity index (χ0) is 20.0. The van der Waals surface area contributed by atoms with Crippen molar-refractivity contribution in [1.29, 1.82) is 0 Å². The van der Waals surface area contributed by atoms with E-state index in [9.17, 15) is 9.59 Å². The van der Waals surface area contributed by atoms with Crippen LogP contribution in [0.2, 0.25) is 0 Å². The highest BCUT2D eigenvalue weighted by molar-refractivity contribution is 6.04. The van der Waals surface area contributed by atoms with Gasteiger partial charge in [-0.15, -0.1) is 0 Å². The second-order valence-electron chi connectivity index (χ2n) is 7.12. The quantitative estimate of drug-likeness (QED) is 0.719. The monoisotopic (exact) mass is 368 g/mol. The average molecular weight is 368 g/mol. The van der Waals surface area contributed by atoms with Crippen molar-refractivity contribution >= 4 is 29.0 Å². The minimum Gasteiger partial charge on any atom is -0.377 e. The molecule has 0 bridgehead atoms. The van der Waals surface area contributed by atoms with E-state index in [1.165, 1.54) is 0 Å². The number of para-hydroxylation sites is 1. The standard InChI is InChI=1S/C21H28N4O2/c1-14(2)13-22-20(26)17-12-16(10-11-19(17)25(4)5)23-21(27)24-18-9-7-6-8-15(18)3/h6-12,14H,13H2,1-5H3,(H,22,26)(H2,23,24,27). The van der Waals surface area contributed by atoms with Crippen LogP contribution in [0.15, 0.2) is 42.5 Å². The zero-order valence-corrected chi connectivity index (χ0v) is 16.6. The van der Waals surface area contributed by atoms with Gasteiger partial charge in [-0.2, -0.15) is 0 Å². The van der Waals surface area contributed by atoms with Crippen LogP contribution in [0.1, 0.15) is 29.8 Å². The molecule has 0 saturated heterocycles. The molecule has 6 heteroatoms. The molecule has 3 amide bonds. The fourth-order valence-corrected chi connectivity index (χ4v) is 2.58. The Bertz CT molecular complexity index is 816. The molecule has 0 aliphatic rings. The van der Waals surface area contributed by atoms with Crippen molar-refractivity contribution < 1.29 is 9.59 Å². The first-order valence-electron chi connectivity index (χ1n) is 9.01. The van der Waals surface area contributed by atoms with Crippen molar-refractivity contribution in [3.63, 3.8) is 0 Å². The molecule has 6 nitrogen and oxygen atoms in total. The first kappa shape index (κ1) is 20.3. The first-order valence-corrected chi connectivity index (χ1v) is 9.01. The van der Waals surface area contributed by atoms with Crippen LogP contribution in [-0.2, 0) is 0 Å². The second-order valence-corrected chi connectivity index (χ2v) is 7.12. The lowest BCUT2D eigenvalue weighted by atomic mass is 10.1. The summed E-state index contributed by atoms with van der Waals surface area (Å²) >= 11 is 0. The maximum atomic E-state index is 12.6. The van der Waals surface area contributed by atoms with Gasteiger partial charge in [0, 0.05) is 37.7 Å². The number of nitrogens with one attached hydrogen (secondary N) is 3. The van der Waals surface area contributed by atoms with Gasteiger partial charge in [0.15, 0.2) is 0 Å². The van der Waals surface area contributed by atoms with Gasteiger partial charge in [0.2, 0.25) is 0 Å². The van der Waals surface area contributed by atoms with E-state index in [4.69, 9.17) is 0 Å². The summed E-state index contributed by atoms with van der Waals surface area (Å²) in [5.41, 5.74) is 3.59. The highest BCUT2D eigenvalue weighted by atomic mass is 16.2. The lowest BCUT2D eigenvalue weighted by Crippen LogP contribution is -2.29. The molecule has 0 fully saturated rings. The molecule has 0 saturated carbocycles. The Morgan fingerprint density at radius 3 is 2.37 bits per heavy atom. The summed E-state index contributed by atoms with van der Waals surface area (Å²) in [4.78, 5) is 26.8. The maximum absolute atomic E-state index is 12.6.